The molecule has 2 heterocycles. The van der Waals surface area contributed by atoms with Crippen LogP contribution in [0.5, 0.6) is 0 Å². The van der Waals surface area contributed by atoms with E-state index in [1.54, 1.807) is 24.2 Å². The van der Waals surface area contributed by atoms with E-state index in [4.69, 9.17) is 4.99 Å². The second-order valence-electron chi connectivity index (χ2n) is 5.37. The molecule has 0 fully saturated rings. The van der Waals surface area contributed by atoms with Crippen molar-refractivity contribution in [1.29, 1.82) is 0 Å². The Morgan fingerprint density at radius 1 is 0.739 bits per heavy atom. The minimum absolute atomic E-state index is 0.117. The number of aliphatic imine (C=N–C) groups is 1. The Labute approximate surface area is 139 Å². The lowest BCUT2D eigenvalue weighted by Crippen LogP contribution is -2.02. The summed E-state index contributed by atoms with van der Waals surface area (Å²) < 4.78 is 0. The Bertz CT molecular complexity index is 804. The zero-order valence-corrected chi connectivity index (χ0v) is 13.2. The highest BCUT2D eigenvalue weighted by Gasteiger charge is 2.33. The van der Waals surface area contributed by atoms with Crippen LogP contribution in [0.15, 0.2) is 84.1 Å². The van der Waals surface area contributed by atoms with Crippen molar-refractivity contribution in [1.82, 2.24) is 10.2 Å². The van der Waals surface area contributed by atoms with Gasteiger partial charge in [0.2, 0.25) is 0 Å². The molecular weight excluding hydrogens is 302 g/mol. The zero-order valence-electron chi connectivity index (χ0n) is 12.4. The summed E-state index contributed by atoms with van der Waals surface area (Å²) in [6.45, 7) is 0. The molecule has 0 saturated heterocycles. The van der Waals surface area contributed by atoms with E-state index in [1.807, 2.05) is 12.1 Å². The third-order valence-electron chi connectivity index (χ3n) is 3.88. The van der Waals surface area contributed by atoms with Gasteiger partial charge in [0.05, 0.1) is 23.7 Å². The minimum atomic E-state index is 0.117. The van der Waals surface area contributed by atoms with Crippen LogP contribution in [0.1, 0.15) is 28.0 Å². The van der Waals surface area contributed by atoms with Crippen molar-refractivity contribution in [2.45, 2.75) is 11.3 Å². The number of nitrogens with zero attached hydrogens (tertiary/aromatic N) is 3. The monoisotopic (exact) mass is 317 g/mol. The van der Waals surface area contributed by atoms with Gasteiger partial charge in [-0.25, -0.2) is 0 Å². The van der Waals surface area contributed by atoms with Crippen molar-refractivity contribution >= 4 is 16.8 Å². The summed E-state index contributed by atoms with van der Waals surface area (Å²) in [5.74, 6) is 0. The molecule has 1 aliphatic heterocycles. The zero-order chi connectivity index (χ0) is 15.5. The Kier molecular flexibility index (Phi) is 3.90. The maximum atomic E-state index is 5.00. The molecule has 4 heteroatoms. The molecule has 3 aromatic rings. The Hall–Kier alpha value is -2.46. The summed E-state index contributed by atoms with van der Waals surface area (Å²) in [6, 6.07) is 23.2. The summed E-state index contributed by atoms with van der Waals surface area (Å²) in [6.07, 6.45) is 3.49. The first-order chi connectivity index (χ1) is 11.4. The lowest BCUT2D eigenvalue weighted by atomic mass is 9.99. The Morgan fingerprint density at radius 2 is 1.43 bits per heavy atom. The SMILES string of the molecule is c1ccc(C2N=C(c3ccnnc3)SC2c2ccccc2)cc1. The number of thioether (sulfide) groups is 1. The van der Waals surface area contributed by atoms with Gasteiger partial charge in [-0.2, -0.15) is 10.2 Å². The van der Waals surface area contributed by atoms with Gasteiger partial charge < -0.3 is 0 Å². The molecule has 2 unspecified atom stereocenters. The van der Waals surface area contributed by atoms with Crippen LogP contribution in [0.4, 0.5) is 0 Å². The predicted molar refractivity (Wildman–Crippen MR) is 94.5 cm³/mol. The molecular formula is C19H15N3S. The molecule has 0 aliphatic carbocycles. The van der Waals surface area contributed by atoms with Crippen LogP contribution in [0.2, 0.25) is 0 Å². The van der Waals surface area contributed by atoms with E-state index in [9.17, 15) is 0 Å². The topological polar surface area (TPSA) is 38.1 Å². The van der Waals surface area contributed by atoms with E-state index in [0.717, 1.165) is 10.6 Å². The van der Waals surface area contributed by atoms with E-state index < -0.39 is 0 Å². The molecule has 2 aromatic carbocycles. The average Bonchev–Trinajstić information content (AvgIpc) is 3.09. The van der Waals surface area contributed by atoms with Gasteiger partial charge in [-0.15, -0.1) is 0 Å². The summed E-state index contributed by atoms with van der Waals surface area (Å²) >= 11 is 1.80. The molecule has 4 rings (SSSR count). The lowest BCUT2D eigenvalue weighted by Gasteiger charge is -2.17. The molecule has 0 amide bonds. The fraction of sp³-hybridized carbons (Fsp3) is 0.105. The summed E-state index contributed by atoms with van der Waals surface area (Å²) in [4.78, 5) is 5.00. The van der Waals surface area contributed by atoms with Crippen molar-refractivity contribution in [2.24, 2.45) is 4.99 Å². The van der Waals surface area contributed by atoms with Crippen LogP contribution in [-0.2, 0) is 0 Å². The standard InChI is InChI=1S/C19H15N3S/c1-3-7-14(8-4-1)17-18(15-9-5-2-6-10-15)23-19(22-17)16-11-12-20-21-13-16/h1-13,17-18H. The molecule has 3 nitrogen and oxygen atoms in total. The molecule has 0 radical (unpaired) electrons. The quantitative estimate of drug-likeness (QED) is 0.716. The number of hydrogen-bond donors (Lipinski definition) is 0. The normalized spacial score (nSPS) is 20.3. The Morgan fingerprint density at radius 3 is 2.09 bits per heavy atom. The van der Waals surface area contributed by atoms with E-state index in [1.165, 1.54) is 11.1 Å². The molecule has 112 valence electrons. The third kappa shape index (κ3) is 2.90. The van der Waals surface area contributed by atoms with Crippen molar-refractivity contribution in [3.8, 4) is 0 Å². The second kappa shape index (κ2) is 6.34. The van der Waals surface area contributed by atoms with Gasteiger partial charge in [0.15, 0.2) is 0 Å². The van der Waals surface area contributed by atoms with Gasteiger partial charge in [0.1, 0.15) is 5.04 Å². The van der Waals surface area contributed by atoms with Gasteiger partial charge in [-0.3, -0.25) is 4.99 Å². The maximum absolute atomic E-state index is 5.00. The summed E-state index contributed by atoms with van der Waals surface area (Å²) in [5, 5.41) is 9.15. The first-order valence-corrected chi connectivity index (χ1v) is 8.41. The highest BCUT2D eigenvalue weighted by atomic mass is 32.2. The number of benzene rings is 2. The van der Waals surface area contributed by atoms with Crippen LogP contribution in [0.25, 0.3) is 0 Å². The third-order valence-corrected chi connectivity index (χ3v) is 5.23. The van der Waals surface area contributed by atoms with Crippen molar-refractivity contribution in [3.63, 3.8) is 0 Å². The minimum Gasteiger partial charge on any atom is -0.268 e. The van der Waals surface area contributed by atoms with Crippen LogP contribution in [0, 0.1) is 0 Å². The summed E-state index contributed by atoms with van der Waals surface area (Å²) in [7, 11) is 0. The number of aromatic nitrogens is 2. The summed E-state index contributed by atoms with van der Waals surface area (Å²) in [5.41, 5.74) is 3.57. The Balaban J connectivity index is 1.75. The van der Waals surface area contributed by atoms with E-state index >= 15 is 0 Å². The van der Waals surface area contributed by atoms with Crippen LogP contribution in [0.3, 0.4) is 0 Å². The van der Waals surface area contributed by atoms with Crippen LogP contribution >= 0.6 is 11.8 Å². The van der Waals surface area contributed by atoms with Gasteiger partial charge >= 0.3 is 0 Å². The second-order valence-corrected chi connectivity index (χ2v) is 6.50. The predicted octanol–water partition coefficient (Wildman–Crippen LogP) is 4.45. The van der Waals surface area contributed by atoms with Crippen molar-refractivity contribution in [2.75, 3.05) is 0 Å². The van der Waals surface area contributed by atoms with Crippen LogP contribution < -0.4 is 0 Å². The molecule has 0 spiro atoms. The van der Waals surface area contributed by atoms with E-state index in [-0.39, 0.29) is 11.3 Å². The highest BCUT2D eigenvalue weighted by Crippen LogP contribution is 2.49. The molecule has 23 heavy (non-hydrogen) atoms. The molecule has 2 atom stereocenters. The van der Waals surface area contributed by atoms with Gasteiger partial charge in [-0.1, -0.05) is 72.4 Å². The highest BCUT2D eigenvalue weighted by molar-refractivity contribution is 8.14. The number of hydrogen-bond acceptors (Lipinski definition) is 4. The fourth-order valence-corrected chi connectivity index (χ4v) is 4.07. The first kappa shape index (κ1) is 14.2. The fourth-order valence-electron chi connectivity index (χ4n) is 2.76. The molecule has 0 saturated carbocycles. The van der Waals surface area contributed by atoms with E-state index in [0.29, 0.717) is 0 Å². The molecule has 0 bridgehead atoms. The molecule has 0 N–H and O–H groups in total. The molecule has 1 aliphatic rings. The first-order valence-electron chi connectivity index (χ1n) is 7.53. The maximum Gasteiger partial charge on any atom is 0.101 e. The average molecular weight is 317 g/mol. The van der Waals surface area contributed by atoms with Gasteiger partial charge in [0, 0.05) is 5.56 Å². The van der Waals surface area contributed by atoms with E-state index in [2.05, 4.69) is 64.8 Å². The van der Waals surface area contributed by atoms with Crippen molar-refractivity contribution < 1.29 is 0 Å². The van der Waals surface area contributed by atoms with Gasteiger partial charge in [0.25, 0.3) is 0 Å². The largest absolute Gasteiger partial charge is 0.268 e. The van der Waals surface area contributed by atoms with Crippen LogP contribution in [-0.4, -0.2) is 15.2 Å². The van der Waals surface area contributed by atoms with Crippen molar-refractivity contribution in [3.05, 3.63) is 95.8 Å². The molecule has 1 aromatic heterocycles. The number of rotatable bonds is 3. The van der Waals surface area contributed by atoms with Gasteiger partial charge in [-0.05, 0) is 17.2 Å². The smallest absolute Gasteiger partial charge is 0.101 e. The lowest BCUT2D eigenvalue weighted by molar-refractivity contribution is 0.724.